The first kappa shape index (κ1) is 28.1. The molecule has 0 N–H and O–H groups in total. The van der Waals surface area contributed by atoms with Crippen molar-refractivity contribution in [3.8, 4) is 40.2 Å². The second kappa shape index (κ2) is 13.0. The number of carbonyl (C=O) groups is 1. The van der Waals surface area contributed by atoms with E-state index in [9.17, 15) is 4.79 Å². The quantitative estimate of drug-likeness (QED) is 0.181. The minimum atomic E-state index is -0.798. The summed E-state index contributed by atoms with van der Waals surface area (Å²) in [7, 11) is 9.22. The second-order valence-corrected chi connectivity index (χ2v) is 7.10. The van der Waals surface area contributed by atoms with E-state index in [1.165, 1.54) is 28.4 Å². The maximum absolute atomic E-state index is 13.5. The average Bonchev–Trinajstić information content (AvgIpc) is 2.88. The largest absolute Gasteiger partial charge is 0.493 e. The van der Waals surface area contributed by atoms with E-state index in [1.807, 2.05) is 0 Å². The first-order valence-electron chi connectivity index (χ1n) is 10.4. The predicted molar refractivity (Wildman–Crippen MR) is 132 cm³/mol. The molecule has 0 saturated carbocycles. The summed E-state index contributed by atoms with van der Waals surface area (Å²) in [4.78, 5) is 13.5. The van der Waals surface area contributed by atoms with Crippen LogP contribution < -0.4 is 33.2 Å². The number of hydrogen-bond acceptors (Lipinski definition) is 8. The predicted octanol–water partition coefficient (Wildman–Crippen LogP) is 4.09. The average molecular weight is 677 g/mol. The van der Waals surface area contributed by atoms with Gasteiger partial charge < -0.3 is 33.2 Å². The van der Waals surface area contributed by atoms with Gasteiger partial charge in [0.25, 0.3) is 0 Å². The van der Waals surface area contributed by atoms with Gasteiger partial charge in [-0.25, -0.2) is 0 Å². The molecule has 0 atom stereocenters. The van der Waals surface area contributed by atoms with E-state index >= 15 is 0 Å². The van der Waals surface area contributed by atoms with Crippen LogP contribution in [0.15, 0.2) is 54.6 Å². The zero-order valence-corrected chi connectivity index (χ0v) is 24.0. The van der Waals surface area contributed by atoms with Gasteiger partial charge in [-0.2, -0.15) is 0 Å². The van der Waals surface area contributed by atoms with Crippen LogP contribution in [0.1, 0.15) is 17.0 Å². The van der Waals surface area contributed by atoms with Crippen molar-refractivity contribution >= 4 is 32.2 Å². The Morgan fingerprint density at radius 1 is 0.543 bits per heavy atom. The van der Waals surface area contributed by atoms with Crippen molar-refractivity contribution in [2.45, 2.75) is 5.92 Å². The van der Waals surface area contributed by atoms with Gasteiger partial charge in [0.05, 0.1) is 42.7 Å². The Hall–Kier alpha value is -3.19. The molecule has 3 rings (SSSR count). The van der Waals surface area contributed by atoms with Gasteiger partial charge in [-0.3, -0.25) is 4.79 Å². The van der Waals surface area contributed by atoms with Gasteiger partial charge >= 0.3 is 5.97 Å². The Morgan fingerprint density at radius 2 is 0.914 bits per heavy atom. The van der Waals surface area contributed by atoms with Gasteiger partial charge in [-0.05, 0) is 47.5 Å². The van der Waals surface area contributed by atoms with Gasteiger partial charge in [0.15, 0.2) is 34.5 Å². The number of methoxy groups -OCH3 is 6. The van der Waals surface area contributed by atoms with E-state index in [0.717, 1.165) is 0 Å². The number of carbonyl (C=O) groups excluding carboxylic acids is 1. The maximum atomic E-state index is 13.5. The van der Waals surface area contributed by atoms with Gasteiger partial charge in [-0.15, -0.1) is 0 Å². The first-order chi connectivity index (χ1) is 16.5. The molecule has 0 heterocycles. The van der Waals surface area contributed by atoms with E-state index in [1.54, 1.807) is 68.8 Å². The van der Waals surface area contributed by atoms with Gasteiger partial charge in [0, 0.05) is 32.3 Å². The summed E-state index contributed by atoms with van der Waals surface area (Å²) in [6, 6.07) is 15.5. The van der Waals surface area contributed by atoms with Crippen molar-refractivity contribution in [2.24, 2.45) is 0 Å². The molecule has 3 aromatic carbocycles. The van der Waals surface area contributed by atoms with Gasteiger partial charge in [-0.1, -0.05) is 12.1 Å². The third kappa shape index (κ3) is 6.28. The van der Waals surface area contributed by atoms with Crippen molar-refractivity contribution in [2.75, 3.05) is 42.7 Å². The Labute approximate surface area is 224 Å². The van der Waals surface area contributed by atoms with Crippen molar-refractivity contribution in [1.29, 1.82) is 0 Å². The molecule has 8 nitrogen and oxygen atoms in total. The fourth-order valence-electron chi connectivity index (χ4n) is 3.58. The fourth-order valence-corrected chi connectivity index (χ4v) is 3.58. The number of esters is 1. The second-order valence-electron chi connectivity index (χ2n) is 7.10. The van der Waals surface area contributed by atoms with Crippen LogP contribution in [-0.4, -0.2) is 74.8 Å². The summed E-state index contributed by atoms with van der Waals surface area (Å²) in [6.45, 7) is 0. The van der Waals surface area contributed by atoms with E-state index in [0.29, 0.717) is 51.4 Å². The normalized spacial score (nSPS) is 10.1. The topological polar surface area (TPSA) is 81.7 Å². The van der Waals surface area contributed by atoms with Crippen LogP contribution in [0.25, 0.3) is 0 Å². The Kier molecular flexibility index (Phi) is 10.5. The zero-order chi connectivity index (χ0) is 24.7. The van der Waals surface area contributed by atoms with Crippen LogP contribution in [0.4, 0.5) is 0 Å². The van der Waals surface area contributed by atoms with Gasteiger partial charge in [0.2, 0.25) is 0 Å². The molecule has 0 unspecified atom stereocenters. The Balaban J connectivity index is 0.00000432. The molecule has 0 bridgehead atoms. The van der Waals surface area contributed by atoms with E-state index in [2.05, 4.69) is 0 Å². The van der Waals surface area contributed by atoms with Crippen LogP contribution in [0.5, 0.6) is 40.2 Å². The van der Waals surface area contributed by atoms with Crippen LogP contribution in [0.2, 0.25) is 0 Å². The summed E-state index contributed by atoms with van der Waals surface area (Å²) >= 11 is 0. The maximum Gasteiger partial charge on any atom is 0.323 e. The summed E-state index contributed by atoms with van der Waals surface area (Å²) in [5.41, 5.74) is 1.30. The smallest absolute Gasteiger partial charge is 0.323 e. The summed E-state index contributed by atoms with van der Waals surface area (Å²) in [5.74, 6) is 2.05. The molecule has 0 aliphatic rings. The molecule has 0 spiro atoms. The minimum Gasteiger partial charge on any atom is -0.493 e. The molecular weight excluding hydrogens is 649 g/mol. The van der Waals surface area contributed by atoms with Crippen molar-refractivity contribution in [1.82, 2.24) is 0 Å². The van der Waals surface area contributed by atoms with Crippen molar-refractivity contribution in [3.63, 3.8) is 0 Å². The monoisotopic (exact) mass is 677 g/mol. The first-order valence-corrected chi connectivity index (χ1v) is 10.4. The number of rotatable bonds is 10. The molecule has 0 aliphatic carbocycles. The van der Waals surface area contributed by atoms with Crippen LogP contribution in [-0.2, 0) is 4.79 Å². The Morgan fingerprint density at radius 3 is 1.31 bits per heavy atom. The summed E-state index contributed by atoms with van der Waals surface area (Å²) < 4.78 is 37.9. The van der Waals surface area contributed by atoms with E-state index in [4.69, 9.17) is 33.2 Å². The molecule has 9 heteroatoms. The number of benzene rings is 3. The molecule has 35 heavy (non-hydrogen) atoms. The SMILES string of the molecule is COc1ccc(OC(=O)C(c2ccc(OC)c(OC)c2)c2ccc(OC)c(OC)c2)cc1OC.[Bi]. The van der Waals surface area contributed by atoms with Crippen LogP contribution >= 0.6 is 0 Å². The molecule has 3 radical (unpaired) electrons. The molecule has 0 aromatic heterocycles. The molecule has 0 aliphatic heterocycles. The summed E-state index contributed by atoms with van der Waals surface area (Å²) in [6.07, 6.45) is 0. The molecule has 0 fully saturated rings. The molecule has 0 saturated heterocycles. The number of ether oxygens (including phenoxy) is 7. The Bertz CT molecular complexity index is 1090. The van der Waals surface area contributed by atoms with Crippen molar-refractivity contribution in [3.05, 3.63) is 65.7 Å². The number of hydrogen-bond donors (Lipinski definition) is 0. The standard InChI is InChI=1S/C26H28O8.Bi/c1-28-19-10-7-16(13-22(19)31-4)25(17-8-11-20(29-2)23(14-17)32-5)26(27)34-18-9-12-21(30-3)24(15-18)33-6;/h7-15,25H,1-6H3;. The van der Waals surface area contributed by atoms with Crippen LogP contribution in [0, 0.1) is 0 Å². The fraction of sp³-hybridized carbons (Fsp3) is 0.269. The zero-order valence-electron chi connectivity index (χ0n) is 20.5. The minimum absolute atomic E-state index is 0. The van der Waals surface area contributed by atoms with E-state index < -0.39 is 11.9 Å². The molecular formula is C26H28BiO8. The third-order valence-corrected chi connectivity index (χ3v) is 5.29. The molecule has 185 valence electrons. The molecule has 0 amide bonds. The summed E-state index contributed by atoms with van der Waals surface area (Å²) in [5, 5.41) is 0. The van der Waals surface area contributed by atoms with Crippen molar-refractivity contribution < 1.29 is 38.0 Å². The van der Waals surface area contributed by atoms with Crippen LogP contribution in [0.3, 0.4) is 0 Å². The van der Waals surface area contributed by atoms with E-state index in [-0.39, 0.29) is 26.2 Å². The third-order valence-electron chi connectivity index (χ3n) is 5.29. The molecule has 3 aromatic rings. The van der Waals surface area contributed by atoms with Gasteiger partial charge in [0.1, 0.15) is 11.7 Å².